The van der Waals surface area contributed by atoms with Gasteiger partial charge in [0.2, 0.25) is 0 Å². The molecule has 0 bridgehead atoms. The van der Waals surface area contributed by atoms with Crippen LogP contribution in [0.5, 0.6) is 11.5 Å². The molecule has 0 aromatic heterocycles. The molecule has 1 heterocycles. The summed E-state index contributed by atoms with van der Waals surface area (Å²) in [5, 5.41) is 9.24. The summed E-state index contributed by atoms with van der Waals surface area (Å²) in [6.07, 6.45) is 7.41. The number of aliphatic carboxylic acids is 1. The summed E-state index contributed by atoms with van der Waals surface area (Å²) in [5.41, 5.74) is 3.18. The van der Waals surface area contributed by atoms with E-state index >= 15 is 0 Å². The number of benzene rings is 2. The van der Waals surface area contributed by atoms with E-state index in [1.807, 2.05) is 32.2 Å². The van der Waals surface area contributed by atoms with E-state index in [1.165, 1.54) is 6.07 Å². The second-order valence-corrected chi connectivity index (χ2v) is 9.19. The predicted octanol–water partition coefficient (Wildman–Crippen LogP) is 5.14. The van der Waals surface area contributed by atoms with Crippen LogP contribution in [0.25, 0.3) is 0 Å². The highest BCUT2D eigenvalue weighted by atomic mass is 19.1. The number of halogens is 1. The number of carbonyl (C=O) groups is 1. The summed E-state index contributed by atoms with van der Waals surface area (Å²) in [6, 6.07) is 10.7. The second-order valence-electron chi connectivity index (χ2n) is 9.19. The zero-order valence-electron chi connectivity index (χ0n) is 19.5. The number of anilines is 1. The van der Waals surface area contributed by atoms with E-state index in [0.717, 1.165) is 22.6 Å². The van der Waals surface area contributed by atoms with Gasteiger partial charge in [-0.15, -0.1) is 0 Å². The maximum absolute atomic E-state index is 14.6. The molecular weight excluding hydrogens is 421 g/mol. The number of allylic oxidation sites excluding steroid dienone is 2. The largest absolute Gasteiger partial charge is 0.497 e. The molecule has 1 aliphatic heterocycles. The number of ether oxygens (including phenoxy) is 2. The maximum Gasteiger partial charge on any atom is 0.306 e. The van der Waals surface area contributed by atoms with Crippen molar-refractivity contribution in [2.24, 2.45) is 5.92 Å². The zero-order chi connectivity index (χ0) is 23.8. The van der Waals surface area contributed by atoms with Crippen LogP contribution in [0.1, 0.15) is 31.4 Å². The van der Waals surface area contributed by atoms with Crippen molar-refractivity contribution in [3.05, 3.63) is 77.1 Å². The van der Waals surface area contributed by atoms with E-state index in [0.29, 0.717) is 30.8 Å². The van der Waals surface area contributed by atoms with Gasteiger partial charge in [0.1, 0.15) is 23.9 Å². The highest BCUT2D eigenvalue weighted by Gasteiger charge is 2.33. The number of carboxylic acids is 1. The number of carboxylic acid groups (broad SMARTS) is 1. The molecule has 0 amide bonds. The lowest BCUT2D eigenvalue weighted by molar-refractivity contribution is -0.141. The first-order valence-corrected chi connectivity index (χ1v) is 11.2. The van der Waals surface area contributed by atoms with E-state index in [4.69, 9.17) is 9.47 Å². The highest BCUT2D eigenvalue weighted by Crippen LogP contribution is 2.40. The lowest BCUT2D eigenvalue weighted by Gasteiger charge is -2.39. The van der Waals surface area contributed by atoms with Crippen LogP contribution in [0, 0.1) is 11.7 Å². The minimum atomic E-state index is -0.803. The number of nitrogens with zero attached hydrogens (tertiary/aromatic N) is 1. The minimum Gasteiger partial charge on any atom is -0.497 e. The molecule has 5 nitrogen and oxygen atoms in total. The predicted molar refractivity (Wildman–Crippen MR) is 127 cm³/mol. The third-order valence-corrected chi connectivity index (χ3v) is 6.81. The second kappa shape index (κ2) is 8.93. The first-order valence-electron chi connectivity index (χ1n) is 11.2. The Labute approximate surface area is 194 Å². The fourth-order valence-corrected chi connectivity index (χ4v) is 4.56. The van der Waals surface area contributed by atoms with Crippen molar-refractivity contribution in [1.82, 2.24) is 0 Å². The first-order chi connectivity index (χ1) is 15.7. The molecule has 0 fully saturated rings. The quantitative estimate of drug-likeness (QED) is 0.659. The van der Waals surface area contributed by atoms with Gasteiger partial charge < -0.3 is 19.5 Å². The average Bonchev–Trinajstić information content (AvgIpc) is 2.80. The fraction of sp³-hybridized carbons (Fsp3) is 0.370. The van der Waals surface area contributed by atoms with Crippen molar-refractivity contribution < 1.29 is 23.8 Å². The molecule has 2 aromatic rings. The lowest BCUT2D eigenvalue weighted by atomic mass is 9.75. The third kappa shape index (κ3) is 4.47. The molecule has 0 saturated carbocycles. The molecule has 2 aromatic carbocycles. The molecule has 1 N–H and O–H groups in total. The standard InChI is InChI=1S/C27H30FNO4/c1-17(26(30)31)13-18-5-8-25-23(14-18)29(3)24(16-33-25)19-9-11-27(2,12-10-19)21-15-20(32-4)6-7-22(21)28/h5-11,14-15,17,24H,12-13,16H2,1-4H3,(H,30,31). The first kappa shape index (κ1) is 22.9. The van der Waals surface area contributed by atoms with Crippen LogP contribution in [0.2, 0.25) is 0 Å². The Balaban J connectivity index is 1.55. The summed E-state index contributed by atoms with van der Waals surface area (Å²) in [5.74, 6) is -0.0597. The summed E-state index contributed by atoms with van der Waals surface area (Å²) in [7, 11) is 3.61. The van der Waals surface area contributed by atoms with Crippen LogP contribution < -0.4 is 14.4 Å². The smallest absolute Gasteiger partial charge is 0.306 e. The van der Waals surface area contributed by atoms with Crippen molar-refractivity contribution >= 4 is 11.7 Å². The van der Waals surface area contributed by atoms with Crippen molar-refractivity contribution in [1.29, 1.82) is 0 Å². The highest BCUT2D eigenvalue weighted by molar-refractivity contribution is 5.70. The Morgan fingerprint density at radius 1 is 1.33 bits per heavy atom. The number of likely N-dealkylation sites (N-methyl/N-ethyl adjacent to an activating group) is 1. The SMILES string of the molecule is COc1ccc(F)c(C2(C)C=CC(C3COc4ccc(CC(C)C(=O)O)cc4N3C)=CC2)c1. The van der Waals surface area contributed by atoms with Crippen molar-refractivity contribution in [3.63, 3.8) is 0 Å². The van der Waals surface area contributed by atoms with Crippen LogP contribution in [0.15, 0.2) is 60.2 Å². The van der Waals surface area contributed by atoms with E-state index < -0.39 is 17.3 Å². The van der Waals surface area contributed by atoms with Crippen LogP contribution >= 0.6 is 0 Å². The summed E-state index contributed by atoms with van der Waals surface area (Å²) < 4.78 is 26.0. The topological polar surface area (TPSA) is 59.0 Å². The molecule has 4 rings (SSSR count). The molecule has 3 atom stereocenters. The Hall–Kier alpha value is -3.28. The lowest BCUT2D eigenvalue weighted by Crippen LogP contribution is -2.42. The fourth-order valence-electron chi connectivity index (χ4n) is 4.56. The van der Waals surface area contributed by atoms with Gasteiger partial charge >= 0.3 is 5.97 Å². The normalized spacial score (nSPS) is 22.8. The Morgan fingerprint density at radius 2 is 2.12 bits per heavy atom. The molecule has 0 spiro atoms. The molecule has 0 saturated heterocycles. The summed E-state index contributed by atoms with van der Waals surface area (Å²) >= 11 is 0. The number of rotatable bonds is 6. The molecule has 174 valence electrons. The number of fused-ring (bicyclic) bond motifs is 1. The van der Waals surface area contributed by atoms with Crippen molar-refractivity contribution in [2.45, 2.75) is 38.1 Å². The number of hydrogen-bond acceptors (Lipinski definition) is 4. The van der Waals surface area contributed by atoms with E-state index in [2.05, 4.69) is 23.1 Å². The van der Waals surface area contributed by atoms with Crippen LogP contribution in [0.4, 0.5) is 10.1 Å². The molecule has 6 heteroatoms. The van der Waals surface area contributed by atoms with Crippen LogP contribution in [-0.4, -0.2) is 37.9 Å². The maximum atomic E-state index is 14.6. The Kier molecular flexibility index (Phi) is 6.19. The van der Waals surface area contributed by atoms with E-state index in [-0.39, 0.29) is 11.9 Å². The van der Waals surface area contributed by atoms with Crippen molar-refractivity contribution in [2.75, 3.05) is 25.7 Å². The van der Waals surface area contributed by atoms with Gasteiger partial charge in [0, 0.05) is 18.0 Å². The van der Waals surface area contributed by atoms with Gasteiger partial charge in [0.15, 0.2) is 0 Å². The molecule has 2 aliphatic rings. The number of hydrogen-bond donors (Lipinski definition) is 1. The average molecular weight is 452 g/mol. The molecule has 0 radical (unpaired) electrons. The zero-order valence-corrected chi connectivity index (χ0v) is 19.5. The molecule has 1 aliphatic carbocycles. The van der Waals surface area contributed by atoms with Gasteiger partial charge in [-0.1, -0.05) is 38.1 Å². The van der Waals surface area contributed by atoms with E-state index in [1.54, 1.807) is 26.2 Å². The number of methoxy groups -OCH3 is 1. The monoisotopic (exact) mass is 451 g/mol. The van der Waals surface area contributed by atoms with Gasteiger partial charge in [-0.3, -0.25) is 4.79 Å². The molecule has 3 unspecified atom stereocenters. The van der Waals surface area contributed by atoms with Crippen molar-refractivity contribution in [3.8, 4) is 11.5 Å². The Morgan fingerprint density at radius 3 is 2.79 bits per heavy atom. The van der Waals surface area contributed by atoms with Gasteiger partial charge in [-0.05, 0) is 54.3 Å². The molecular formula is C27H30FNO4. The van der Waals surface area contributed by atoms with Gasteiger partial charge in [0.05, 0.1) is 24.8 Å². The minimum absolute atomic E-state index is 0.0144. The summed E-state index contributed by atoms with van der Waals surface area (Å²) in [4.78, 5) is 13.4. The van der Waals surface area contributed by atoms with Crippen LogP contribution in [0.3, 0.4) is 0 Å². The summed E-state index contributed by atoms with van der Waals surface area (Å²) in [6.45, 7) is 4.25. The van der Waals surface area contributed by atoms with Gasteiger partial charge in [-0.25, -0.2) is 4.39 Å². The van der Waals surface area contributed by atoms with Gasteiger partial charge in [0.25, 0.3) is 0 Å². The van der Waals surface area contributed by atoms with Gasteiger partial charge in [-0.2, -0.15) is 0 Å². The van der Waals surface area contributed by atoms with E-state index in [9.17, 15) is 14.3 Å². The third-order valence-electron chi connectivity index (χ3n) is 6.81. The molecule has 33 heavy (non-hydrogen) atoms. The Bertz CT molecular complexity index is 1130. The van der Waals surface area contributed by atoms with Crippen LogP contribution in [-0.2, 0) is 16.6 Å².